The molecule has 0 fully saturated rings. The Balaban J connectivity index is 1.82. The van der Waals surface area contributed by atoms with E-state index in [9.17, 15) is 9.36 Å². The van der Waals surface area contributed by atoms with Gasteiger partial charge in [0.05, 0.1) is 0 Å². The van der Waals surface area contributed by atoms with Gasteiger partial charge in [0.1, 0.15) is 18.1 Å². The lowest BCUT2D eigenvalue weighted by Crippen LogP contribution is -2.34. The Bertz CT molecular complexity index is 892. The molecule has 3 rings (SSSR count). The number of hydrogen-bond acceptors (Lipinski definition) is 5. The molecule has 0 aliphatic rings. The highest BCUT2D eigenvalue weighted by molar-refractivity contribution is 7.55. The first kappa shape index (κ1) is 20.6. The van der Waals surface area contributed by atoms with Crippen LogP contribution >= 0.6 is 7.60 Å². The maximum absolute atomic E-state index is 13.7. The molecule has 0 saturated carbocycles. The van der Waals surface area contributed by atoms with E-state index in [4.69, 9.17) is 13.9 Å². The fourth-order valence-corrected chi connectivity index (χ4v) is 4.09. The normalized spacial score (nSPS) is 12.0. The second-order valence-corrected chi connectivity index (χ2v) is 8.40. The molecule has 0 N–H and O–H groups in total. The number of rotatable bonds is 10. The van der Waals surface area contributed by atoms with Gasteiger partial charge in [0, 0.05) is 0 Å². The van der Waals surface area contributed by atoms with Gasteiger partial charge in [-0.25, -0.2) is 9.63 Å². The van der Waals surface area contributed by atoms with Gasteiger partial charge in [0.25, 0.3) is 0 Å². The Morgan fingerprint density at radius 3 is 1.72 bits per heavy atom. The molecule has 0 aromatic heterocycles. The van der Waals surface area contributed by atoms with Crippen LogP contribution in [-0.4, -0.2) is 17.3 Å². The van der Waals surface area contributed by atoms with Crippen molar-refractivity contribution < 1.29 is 23.2 Å². The lowest BCUT2D eigenvalue weighted by molar-refractivity contribution is -0.182. The van der Waals surface area contributed by atoms with Crippen molar-refractivity contribution in [1.82, 2.24) is 5.06 Å². The topological polar surface area (TPSA) is 65.1 Å². The maximum Gasteiger partial charge on any atom is 0.455 e. The first-order chi connectivity index (χ1) is 14.1. The van der Waals surface area contributed by atoms with Crippen molar-refractivity contribution in [3.63, 3.8) is 0 Å². The van der Waals surface area contributed by atoms with E-state index >= 15 is 0 Å². The molecule has 29 heavy (non-hydrogen) atoms. The third kappa shape index (κ3) is 5.70. The quantitative estimate of drug-likeness (QED) is 0.258. The lowest BCUT2D eigenvalue weighted by Gasteiger charge is -2.30. The fraction of sp³-hybridized carbons (Fsp3) is 0.136. The van der Waals surface area contributed by atoms with Crippen molar-refractivity contribution in [1.29, 1.82) is 0 Å². The molecule has 3 aromatic rings. The summed E-state index contributed by atoms with van der Waals surface area (Å²) in [7, 11) is -3.88. The minimum atomic E-state index is -3.88. The average Bonchev–Trinajstić information content (AvgIpc) is 2.76. The highest BCUT2D eigenvalue weighted by Gasteiger charge is 2.41. The van der Waals surface area contributed by atoms with Crippen LogP contribution in [0.4, 0.5) is 0 Å². The second-order valence-electron chi connectivity index (χ2n) is 6.20. The molecule has 1 atom stereocenters. The van der Waals surface area contributed by atoms with Crippen LogP contribution in [0.1, 0.15) is 12.5 Å². The van der Waals surface area contributed by atoms with Gasteiger partial charge in [0.15, 0.2) is 5.78 Å². The lowest BCUT2D eigenvalue weighted by atomic mass is 10.2. The summed E-state index contributed by atoms with van der Waals surface area (Å²) in [5.74, 6) is -0.260. The van der Waals surface area contributed by atoms with Crippen LogP contribution in [0, 0.1) is 0 Å². The van der Waals surface area contributed by atoms with Crippen LogP contribution in [0.15, 0.2) is 91.0 Å². The Morgan fingerprint density at radius 1 is 0.828 bits per heavy atom. The fourth-order valence-electron chi connectivity index (χ4n) is 2.52. The number of hydroxylamine groups is 2. The molecule has 0 bridgehead atoms. The number of carbonyl (C=O) groups excluding carboxylic acids is 1. The second kappa shape index (κ2) is 9.92. The van der Waals surface area contributed by atoms with E-state index in [1.165, 1.54) is 0 Å². The molecule has 1 amide bonds. The summed E-state index contributed by atoms with van der Waals surface area (Å²) >= 11 is 0. The van der Waals surface area contributed by atoms with E-state index in [0.29, 0.717) is 17.9 Å². The average molecular weight is 411 g/mol. The molecule has 150 valence electrons. The smallest absolute Gasteiger partial charge is 0.415 e. The van der Waals surface area contributed by atoms with Crippen LogP contribution in [0.5, 0.6) is 11.5 Å². The molecule has 0 aliphatic carbocycles. The molecule has 0 heterocycles. The maximum atomic E-state index is 13.7. The Hall–Kier alpha value is -3.08. The standard InChI is InChI=1S/C22H22NO5P/c1-19(23(18-24)26-17-20-11-5-2-6-12-20)29(25,27-21-13-7-3-8-14-21)28-22-15-9-4-10-16-22/h2-16,18-19H,17H2,1H3. The van der Waals surface area contributed by atoms with Crippen LogP contribution in [0.2, 0.25) is 0 Å². The number of amides is 1. The van der Waals surface area contributed by atoms with E-state index < -0.39 is 13.4 Å². The van der Waals surface area contributed by atoms with Gasteiger partial charge in [-0.15, -0.1) is 0 Å². The summed E-state index contributed by atoms with van der Waals surface area (Å²) in [6.45, 7) is 1.70. The SMILES string of the molecule is CC(N(C=O)OCc1ccccc1)P(=O)(Oc1ccccc1)Oc1ccccc1. The first-order valence-corrected chi connectivity index (χ1v) is 10.7. The zero-order chi connectivity index (χ0) is 20.5. The molecule has 3 aromatic carbocycles. The van der Waals surface area contributed by atoms with E-state index in [0.717, 1.165) is 10.6 Å². The van der Waals surface area contributed by atoms with Gasteiger partial charge >= 0.3 is 7.60 Å². The molecule has 0 saturated heterocycles. The van der Waals surface area contributed by atoms with Crippen molar-refractivity contribution in [3.8, 4) is 11.5 Å². The first-order valence-electron chi connectivity index (χ1n) is 9.10. The molecule has 0 radical (unpaired) electrons. The minimum absolute atomic E-state index is 0.139. The third-order valence-electron chi connectivity index (χ3n) is 4.10. The molecular formula is C22H22NO5P. The van der Waals surface area contributed by atoms with Crippen molar-refractivity contribution in [2.45, 2.75) is 19.3 Å². The number of hydrogen-bond donors (Lipinski definition) is 0. The molecule has 0 spiro atoms. The highest BCUT2D eigenvalue weighted by atomic mass is 31.2. The Kier molecular flexibility index (Phi) is 7.06. The number of nitrogens with zero attached hydrogens (tertiary/aromatic N) is 1. The van der Waals surface area contributed by atoms with E-state index in [2.05, 4.69) is 0 Å². The molecular weight excluding hydrogens is 389 g/mol. The van der Waals surface area contributed by atoms with Crippen LogP contribution in [0.3, 0.4) is 0 Å². The van der Waals surface area contributed by atoms with E-state index in [-0.39, 0.29) is 6.61 Å². The van der Waals surface area contributed by atoms with Gasteiger partial charge in [-0.05, 0) is 36.8 Å². The van der Waals surface area contributed by atoms with Crippen molar-refractivity contribution >= 4 is 14.0 Å². The van der Waals surface area contributed by atoms with E-state index in [1.807, 2.05) is 42.5 Å². The van der Waals surface area contributed by atoms with Crippen molar-refractivity contribution in [2.24, 2.45) is 0 Å². The number of benzene rings is 3. The monoisotopic (exact) mass is 411 g/mol. The summed E-state index contributed by atoms with van der Waals surface area (Å²) in [4.78, 5) is 17.3. The third-order valence-corrected chi connectivity index (χ3v) is 6.18. The molecule has 0 aliphatic heterocycles. The number of para-hydroxylation sites is 2. The predicted molar refractivity (Wildman–Crippen MR) is 110 cm³/mol. The van der Waals surface area contributed by atoms with Gasteiger partial charge in [-0.3, -0.25) is 9.63 Å². The van der Waals surface area contributed by atoms with Crippen LogP contribution in [-0.2, 0) is 20.8 Å². The summed E-state index contributed by atoms with van der Waals surface area (Å²) in [5, 5.41) is 0.972. The molecule has 1 unspecified atom stereocenters. The summed E-state index contributed by atoms with van der Waals surface area (Å²) in [5.41, 5.74) is 0.870. The van der Waals surface area contributed by atoms with Gasteiger partial charge in [0.2, 0.25) is 6.41 Å². The van der Waals surface area contributed by atoms with Crippen LogP contribution in [0.25, 0.3) is 0 Å². The largest absolute Gasteiger partial charge is 0.455 e. The van der Waals surface area contributed by atoms with Crippen molar-refractivity contribution in [3.05, 3.63) is 96.6 Å². The van der Waals surface area contributed by atoms with Gasteiger partial charge < -0.3 is 9.05 Å². The summed E-state index contributed by atoms with van der Waals surface area (Å²) < 4.78 is 25.2. The molecule has 7 heteroatoms. The molecule has 6 nitrogen and oxygen atoms in total. The summed E-state index contributed by atoms with van der Waals surface area (Å²) in [6, 6.07) is 26.7. The minimum Gasteiger partial charge on any atom is -0.415 e. The van der Waals surface area contributed by atoms with Gasteiger partial charge in [-0.1, -0.05) is 66.7 Å². The number of carbonyl (C=O) groups is 1. The zero-order valence-electron chi connectivity index (χ0n) is 16.0. The highest BCUT2D eigenvalue weighted by Crippen LogP contribution is 2.53. The zero-order valence-corrected chi connectivity index (χ0v) is 16.9. The summed E-state index contributed by atoms with van der Waals surface area (Å²) in [6.07, 6.45) is 0.475. The van der Waals surface area contributed by atoms with Crippen molar-refractivity contribution in [2.75, 3.05) is 0 Å². The van der Waals surface area contributed by atoms with E-state index in [1.54, 1.807) is 55.5 Å². The Labute approximate surface area is 170 Å². The Morgan fingerprint density at radius 2 is 1.28 bits per heavy atom. The predicted octanol–water partition coefficient (Wildman–Crippen LogP) is 5.27. The van der Waals surface area contributed by atoms with Gasteiger partial charge in [-0.2, -0.15) is 0 Å². The van der Waals surface area contributed by atoms with Crippen LogP contribution < -0.4 is 9.05 Å².